The quantitative estimate of drug-likeness (QED) is 0.838. The molecule has 0 aromatic carbocycles. The molecule has 3 N–H and O–H groups in total. The third-order valence-corrected chi connectivity index (χ3v) is 6.56. The standard InChI is InChI=1S/C17H29N3O/c18-3-1-12-2-4-20(11-12)16(21)19-17-8-13-5-14(9-17)7-15(6-13)10-17/h12-15H,1-11,18H2,(H,19,21). The number of urea groups is 1. The Morgan fingerprint density at radius 1 is 1.14 bits per heavy atom. The van der Waals surface area contributed by atoms with E-state index >= 15 is 0 Å². The Hall–Kier alpha value is -0.770. The van der Waals surface area contributed by atoms with Gasteiger partial charge in [-0.05, 0) is 81.6 Å². The highest BCUT2D eigenvalue weighted by Gasteiger charge is 2.51. The van der Waals surface area contributed by atoms with Crippen LogP contribution in [-0.4, -0.2) is 36.1 Å². The lowest BCUT2D eigenvalue weighted by Gasteiger charge is -2.57. The molecule has 1 heterocycles. The van der Waals surface area contributed by atoms with E-state index in [1.165, 1.54) is 38.5 Å². The van der Waals surface area contributed by atoms with E-state index in [1.54, 1.807) is 0 Å². The molecule has 4 bridgehead atoms. The number of nitrogens with two attached hydrogens (primary N) is 1. The fourth-order valence-electron chi connectivity index (χ4n) is 6.06. The first-order valence-electron chi connectivity index (χ1n) is 8.93. The number of hydrogen-bond acceptors (Lipinski definition) is 2. The molecular formula is C17H29N3O. The summed E-state index contributed by atoms with van der Waals surface area (Å²) in [7, 11) is 0. The van der Waals surface area contributed by atoms with Gasteiger partial charge in [0.15, 0.2) is 0 Å². The van der Waals surface area contributed by atoms with Gasteiger partial charge < -0.3 is 16.0 Å². The van der Waals surface area contributed by atoms with Crippen LogP contribution in [0.5, 0.6) is 0 Å². The van der Waals surface area contributed by atoms with Crippen LogP contribution in [0.4, 0.5) is 4.79 Å². The Morgan fingerprint density at radius 2 is 1.76 bits per heavy atom. The molecule has 1 unspecified atom stereocenters. The lowest BCUT2D eigenvalue weighted by atomic mass is 9.53. The first-order chi connectivity index (χ1) is 10.2. The van der Waals surface area contributed by atoms with Crippen molar-refractivity contribution in [3.05, 3.63) is 0 Å². The molecular weight excluding hydrogens is 262 g/mol. The maximum Gasteiger partial charge on any atom is 0.317 e. The Kier molecular flexibility index (Phi) is 3.40. The van der Waals surface area contributed by atoms with Gasteiger partial charge in [0.05, 0.1) is 0 Å². The summed E-state index contributed by atoms with van der Waals surface area (Å²) < 4.78 is 0. The molecule has 4 nitrogen and oxygen atoms in total. The normalized spacial score (nSPS) is 44.3. The van der Waals surface area contributed by atoms with Crippen molar-refractivity contribution in [2.24, 2.45) is 29.4 Å². The van der Waals surface area contributed by atoms with E-state index in [-0.39, 0.29) is 11.6 Å². The molecule has 118 valence electrons. The van der Waals surface area contributed by atoms with Gasteiger partial charge >= 0.3 is 6.03 Å². The van der Waals surface area contributed by atoms with Crippen molar-refractivity contribution < 1.29 is 4.79 Å². The van der Waals surface area contributed by atoms with Gasteiger partial charge in [0.2, 0.25) is 0 Å². The number of carbonyl (C=O) groups is 1. The van der Waals surface area contributed by atoms with Gasteiger partial charge in [-0.25, -0.2) is 4.79 Å². The molecule has 4 aliphatic carbocycles. The highest BCUT2D eigenvalue weighted by Crippen LogP contribution is 2.55. The summed E-state index contributed by atoms with van der Waals surface area (Å²) in [5.41, 5.74) is 5.80. The van der Waals surface area contributed by atoms with Gasteiger partial charge in [0.25, 0.3) is 0 Å². The maximum atomic E-state index is 12.7. The third kappa shape index (κ3) is 2.56. The molecule has 1 atom stereocenters. The summed E-state index contributed by atoms with van der Waals surface area (Å²) in [4.78, 5) is 14.7. The Labute approximate surface area is 127 Å². The van der Waals surface area contributed by atoms with Gasteiger partial charge in [-0.2, -0.15) is 0 Å². The van der Waals surface area contributed by atoms with E-state index in [9.17, 15) is 4.79 Å². The van der Waals surface area contributed by atoms with E-state index in [4.69, 9.17) is 5.73 Å². The van der Waals surface area contributed by atoms with E-state index in [1.807, 2.05) is 4.90 Å². The van der Waals surface area contributed by atoms with Crippen LogP contribution in [0.15, 0.2) is 0 Å². The first-order valence-corrected chi connectivity index (χ1v) is 8.93. The minimum Gasteiger partial charge on any atom is -0.333 e. The molecule has 0 aromatic heterocycles. The molecule has 0 radical (unpaired) electrons. The molecule has 5 aliphatic rings. The second-order valence-corrected chi connectivity index (χ2v) is 8.31. The molecule has 0 aromatic rings. The second kappa shape index (κ2) is 5.15. The summed E-state index contributed by atoms with van der Waals surface area (Å²) in [6.07, 6.45) is 10.2. The van der Waals surface area contributed by atoms with Gasteiger partial charge in [-0.3, -0.25) is 0 Å². The molecule has 0 spiro atoms. The lowest BCUT2D eigenvalue weighted by molar-refractivity contribution is -0.0153. The van der Waals surface area contributed by atoms with Crippen LogP contribution < -0.4 is 11.1 Å². The summed E-state index contributed by atoms with van der Waals surface area (Å²) in [5, 5.41) is 3.48. The van der Waals surface area contributed by atoms with Crippen LogP contribution >= 0.6 is 0 Å². The number of likely N-dealkylation sites (tertiary alicyclic amines) is 1. The van der Waals surface area contributed by atoms with Gasteiger partial charge in [0.1, 0.15) is 0 Å². The summed E-state index contributed by atoms with van der Waals surface area (Å²) in [5.74, 6) is 3.29. The van der Waals surface area contributed by atoms with Crippen molar-refractivity contribution in [2.45, 2.75) is 56.9 Å². The molecule has 5 rings (SSSR count). The minimum atomic E-state index is 0.151. The van der Waals surface area contributed by atoms with E-state index in [2.05, 4.69) is 5.32 Å². The molecule has 4 heteroatoms. The smallest absolute Gasteiger partial charge is 0.317 e. The van der Waals surface area contributed by atoms with Crippen LogP contribution in [0.3, 0.4) is 0 Å². The monoisotopic (exact) mass is 291 g/mol. The van der Waals surface area contributed by atoms with E-state index in [0.29, 0.717) is 5.92 Å². The third-order valence-electron chi connectivity index (χ3n) is 6.56. The van der Waals surface area contributed by atoms with Crippen LogP contribution in [0, 0.1) is 23.7 Å². The molecule has 1 aliphatic heterocycles. The fraction of sp³-hybridized carbons (Fsp3) is 0.941. The van der Waals surface area contributed by atoms with Gasteiger partial charge in [-0.1, -0.05) is 0 Å². The van der Waals surface area contributed by atoms with Gasteiger partial charge in [0, 0.05) is 18.6 Å². The summed E-state index contributed by atoms with van der Waals surface area (Å²) >= 11 is 0. The summed E-state index contributed by atoms with van der Waals surface area (Å²) in [6.45, 7) is 2.58. The second-order valence-electron chi connectivity index (χ2n) is 8.31. The molecule has 5 fully saturated rings. The number of amides is 2. The predicted molar refractivity (Wildman–Crippen MR) is 82.8 cm³/mol. The highest BCUT2D eigenvalue weighted by atomic mass is 16.2. The van der Waals surface area contributed by atoms with Crippen molar-refractivity contribution >= 4 is 6.03 Å². The van der Waals surface area contributed by atoms with Crippen molar-refractivity contribution in [2.75, 3.05) is 19.6 Å². The molecule has 21 heavy (non-hydrogen) atoms. The largest absolute Gasteiger partial charge is 0.333 e. The van der Waals surface area contributed by atoms with Crippen LogP contribution in [0.2, 0.25) is 0 Å². The average molecular weight is 291 g/mol. The van der Waals surface area contributed by atoms with Crippen LogP contribution in [-0.2, 0) is 0 Å². The van der Waals surface area contributed by atoms with Crippen LogP contribution in [0.25, 0.3) is 0 Å². The number of hydrogen-bond donors (Lipinski definition) is 2. The fourth-order valence-corrected chi connectivity index (χ4v) is 6.06. The Balaban J connectivity index is 1.39. The number of rotatable bonds is 3. The highest BCUT2D eigenvalue weighted by molar-refractivity contribution is 5.75. The van der Waals surface area contributed by atoms with E-state index < -0.39 is 0 Å². The number of nitrogens with one attached hydrogen (secondary N) is 1. The molecule has 1 saturated heterocycles. The minimum absolute atomic E-state index is 0.151. The zero-order valence-electron chi connectivity index (χ0n) is 13.0. The Morgan fingerprint density at radius 3 is 2.33 bits per heavy atom. The van der Waals surface area contributed by atoms with Crippen molar-refractivity contribution in [3.8, 4) is 0 Å². The zero-order chi connectivity index (χ0) is 14.4. The molecule has 4 saturated carbocycles. The SMILES string of the molecule is NCCC1CCN(C(=O)NC23CC4CC(CC(C4)C2)C3)C1. The predicted octanol–water partition coefficient (Wildman–Crippen LogP) is 2.34. The maximum absolute atomic E-state index is 12.7. The van der Waals surface area contributed by atoms with Gasteiger partial charge in [-0.15, -0.1) is 0 Å². The lowest BCUT2D eigenvalue weighted by Crippen LogP contribution is -2.61. The first kappa shape index (κ1) is 13.9. The molecule has 2 amide bonds. The number of carbonyl (C=O) groups excluding carboxylic acids is 1. The van der Waals surface area contributed by atoms with Crippen molar-refractivity contribution in [1.29, 1.82) is 0 Å². The van der Waals surface area contributed by atoms with E-state index in [0.717, 1.165) is 50.2 Å². The topological polar surface area (TPSA) is 58.4 Å². The van der Waals surface area contributed by atoms with Crippen molar-refractivity contribution in [1.82, 2.24) is 10.2 Å². The number of nitrogens with zero attached hydrogens (tertiary/aromatic N) is 1. The average Bonchev–Trinajstić information content (AvgIpc) is 2.85. The van der Waals surface area contributed by atoms with Crippen molar-refractivity contribution in [3.63, 3.8) is 0 Å². The zero-order valence-corrected chi connectivity index (χ0v) is 13.0. The Bertz CT molecular complexity index is 387. The van der Waals surface area contributed by atoms with Crippen LogP contribution in [0.1, 0.15) is 51.4 Å². The summed E-state index contributed by atoms with van der Waals surface area (Å²) in [6, 6.07) is 0.205.